The van der Waals surface area contributed by atoms with Crippen LogP contribution in [0.1, 0.15) is 10.4 Å². The second-order valence-corrected chi connectivity index (χ2v) is 6.90. The van der Waals surface area contributed by atoms with E-state index in [2.05, 4.69) is 20.3 Å². The van der Waals surface area contributed by atoms with Gasteiger partial charge in [0.1, 0.15) is 16.8 Å². The zero-order chi connectivity index (χ0) is 22.6. The van der Waals surface area contributed by atoms with E-state index in [1.807, 2.05) is 6.07 Å². The molecule has 1 amide bonds. The van der Waals surface area contributed by atoms with Gasteiger partial charge in [0.25, 0.3) is 5.91 Å². The van der Waals surface area contributed by atoms with E-state index in [4.69, 9.17) is 16.3 Å². The molecule has 1 heterocycles. The summed E-state index contributed by atoms with van der Waals surface area (Å²) in [4.78, 5) is 13.9. The number of hydrogen-bond donors (Lipinski definition) is 1. The van der Waals surface area contributed by atoms with E-state index >= 15 is 0 Å². The van der Waals surface area contributed by atoms with Gasteiger partial charge in [0.2, 0.25) is 0 Å². The van der Waals surface area contributed by atoms with Crippen LogP contribution in [0.4, 0.5) is 13.2 Å². The Morgan fingerprint density at radius 3 is 2.52 bits per heavy atom. The SMILES string of the molecule is COCC(C#N)(Cn1nc2cccc(Cl)c2n1)NC(=O)c1ccc(OC(F)(F)F)cc1. The Morgan fingerprint density at radius 1 is 1.23 bits per heavy atom. The Labute approximate surface area is 179 Å². The maximum absolute atomic E-state index is 12.7. The number of aromatic nitrogens is 3. The minimum atomic E-state index is -4.85. The van der Waals surface area contributed by atoms with Crippen LogP contribution in [-0.4, -0.2) is 46.5 Å². The summed E-state index contributed by atoms with van der Waals surface area (Å²) in [5, 5.41) is 21.2. The molecule has 1 aromatic heterocycles. The molecule has 1 unspecified atom stereocenters. The number of nitriles is 1. The standard InChI is InChI=1S/C19H15ClF3N5O3/c1-30-11-18(9-24,10-28-26-15-4-2-3-14(20)16(15)27-28)25-17(29)12-5-7-13(8-6-12)31-19(21,22)23/h2-8H,10-11H2,1H3,(H,25,29). The van der Waals surface area contributed by atoms with Crippen LogP contribution in [0.5, 0.6) is 5.75 Å². The normalized spacial score (nSPS) is 13.4. The third kappa shape index (κ3) is 5.42. The third-order valence-electron chi connectivity index (χ3n) is 4.12. The lowest BCUT2D eigenvalue weighted by atomic mass is 10.0. The van der Waals surface area contributed by atoms with E-state index in [0.717, 1.165) is 24.3 Å². The first-order valence-electron chi connectivity index (χ1n) is 8.72. The van der Waals surface area contributed by atoms with Gasteiger partial charge in [0.15, 0.2) is 5.54 Å². The lowest BCUT2D eigenvalue weighted by molar-refractivity contribution is -0.274. The Kier molecular flexibility index (Phi) is 6.33. The van der Waals surface area contributed by atoms with Gasteiger partial charge in [-0.25, -0.2) is 0 Å². The fraction of sp³-hybridized carbons (Fsp3) is 0.263. The quantitative estimate of drug-likeness (QED) is 0.588. The molecule has 0 aliphatic carbocycles. The fourth-order valence-electron chi connectivity index (χ4n) is 2.82. The molecule has 2 aromatic carbocycles. The average Bonchev–Trinajstić information content (AvgIpc) is 3.11. The summed E-state index contributed by atoms with van der Waals surface area (Å²) in [6.07, 6.45) is -4.85. The molecule has 0 aliphatic heterocycles. The summed E-state index contributed by atoms with van der Waals surface area (Å²) in [5.41, 5.74) is -0.607. The van der Waals surface area contributed by atoms with E-state index in [1.54, 1.807) is 18.2 Å². The summed E-state index contributed by atoms with van der Waals surface area (Å²) in [7, 11) is 1.35. The van der Waals surface area contributed by atoms with Gasteiger partial charge in [-0.3, -0.25) is 4.79 Å². The van der Waals surface area contributed by atoms with E-state index in [1.165, 1.54) is 11.9 Å². The third-order valence-corrected chi connectivity index (χ3v) is 4.43. The monoisotopic (exact) mass is 453 g/mol. The van der Waals surface area contributed by atoms with Crippen LogP contribution in [0.15, 0.2) is 42.5 Å². The number of halogens is 4. The van der Waals surface area contributed by atoms with Gasteiger partial charge in [-0.15, -0.1) is 13.2 Å². The lowest BCUT2D eigenvalue weighted by Crippen LogP contribution is -2.54. The van der Waals surface area contributed by atoms with Gasteiger partial charge in [0, 0.05) is 12.7 Å². The Bertz CT molecular complexity index is 1130. The average molecular weight is 454 g/mol. The van der Waals surface area contributed by atoms with Crippen molar-refractivity contribution in [2.24, 2.45) is 0 Å². The number of carbonyl (C=O) groups excluding carboxylic acids is 1. The molecule has 31 heavy (non-hydrogen) atoms. The highest BCUT2D eigenvalue weighted by atomic mass is 35.5. The summed E-state index contributed by atoms with van der Waals surface area (Å²) < 4.78 is 45.7. The number of nitrogens with zero attached hydrogens (tertiary/aromatic N) is 4. The number of nitrogens with one attached hydrogen (secondary N) is 1. The van der Waals surface area contributed by atoms with E-state index in [-0.39, 0.29) is 18.7 Å². The van der Waals surface area contributed by atoms with Crippen LogP contribution >= 0.6 is 11.6 Å². The fourth-order valence-corrected chi connectivity index (χ4v) is 3.03. The Morgan fingerprint density at radius 2 is 1.94 bits per heavy atom. The maximum Gasteiger partial charge on any atom is 0.573 e. The predicted octanol–water partition coefficient (Wildman–Crippen LogP) is 3.32. The molecule has 8 nitrogen and oxygen atoms in total. The van der Waals surface area contributed by atoms with Crippen LogP contribution in [-0.2, 0) is 11.3 Å². The first kappa shape index (κ1) is 22.3. The summed E-state index contributed by atoms with van der Waals surface area (Å²) in [5.74, 6) is -1.18. The molecule has 0 bridgehead atoms. The smallest absolute Gasteiger partial charge is 0.406 e. The van der Waals surface area contributed by atoms with Crippen LogP contribution in [0.3, 0.4) is 0 Å². The van der Waals surface area contributed by atoms with Crippen LogP contribution in [0.2, 0.25) is 5.02 Å². The number of rotatable bonds is 7. The molecule has 162 valence electrons. The maximum atomic E-state index is 12.7. The summed E-state index contributed by atoms with van der Waals surface area (Å²) in [6, 6.07) is 11.3. The molecule has 0 saturated heterocycles. The summed E-state index contributed by atoms with van der Waals surface area (Å²) >= 11 is 6.10. The molecule has 0 spiro atoms. The number of benzene rings is 2. The first-order valence-corrected chi connectivity index (χ1v) is 9.10. The van der Waals surface area contributed by atoms with Crippen molar-refractivity contribution in [1.82, 2.24) is 20.3 Å². The highest BCUT2D eigenvalue weighted by Gasteiger charge is 2.35. The second-order valence-electron chi connectivity index (χ2n) is 6.49. The summed E-state index contributed by atoms with van der Waals surface area (Å²) in [6.45, 7) is -0.362. The zero-order valence-electron chi connectivity index (χ0n) is 16.0. The highest BCUT2D eigenvalue weighted by Crippen LogP contribution is 2.23. The number of methoxy groups -OCH3 is 1. The van der Waals surface area contributed by atoms with Gasteiger partial charge in [-0.2, -0.15) is 20.3 Å². The minimum Gasteiger partial charge on any atom is -0.406 e. The highest BCUT2D eigenvalue weighted by molar-refractivity contribution is 6.34. The van der Waals surface area contributed by atoms with Crippen molar-refractivity contribution in [3.63, 3.8) is 0 Å². The molecule has 0 fully saturated rings. The van der Waals surface area contributed by atoms with Crippen molar-refractivity contribution in [3.8, 4) is 11.8 Å². The Balaban J connectivity index is 1.82. The van der Waals surface area contributed by atoms with Crippen molar-refractivity contribution in [3.05, 3.63) is 53.1 Å². The topological polar surface area (TPSA) is 102 Å². The van der Waals surface area contributed by atoms with Crippen molar-refractivity contribution >= 4 is 28.5 Å². The molecule has 0 radical (unpaired) electrons. The molecule has 12 heteroatoms. The number of carbonyl (C=O) groups is 1. The second kappa shape index (κ2) is 8.79. The van der Waals surface area contributed by atoms with E-state index < -0.39 is 23.6 Å². The van der Waals surface area contributed by atoms with E-state index in [9.17, 15) is 23.2 Å². The largest absolute Gasteiger partial charge is 0.573 e. The molecule has 1 atom stereocenters. The minimum absolute atomic E-state index is 0.0203. The first-order chi connectivity index (χ1) is 14.6. The number of fused-ring (bicyclic) bond motifs is 1. The Hall–Kier alpha value is -3.36. The van der Waals surface area contributed by atoms with Crippen molar-refractivity contribution in [2.45, 2.75) is 18.4 Å². The molecule has 3 rings (SSSR count). The zero-order valence-corrected chi connectivity index (χ0v) is 16.7. The predicted molar refractivity (Wildman–Crippen MR) is 103 cm³/mol. The number of amides is 1. The molecular formula is C19H15ClF3N5O3. The molecule has 1 N–H and O–H groups in total. The molecule has 0 aliphatic rings. The van der Waals surface area contributed by atoms with Crippen molar-refractivity contribution in [2.75, 3.05) is 13.7 Å². The van der Waals surface area contributed by atoms with Gasteiger partial charge >= 0.3 is 6.36 Å². The number of alkyl halides is 3. The van der Waals surface area contributed by atoms with Crippen LogP contribution in [0.25, 0.3) is 11.0 Å². The van der Waals surface area contributed by atoms with Gasteiger partial charge < -0.3 is 14.8 Å². The molecule has 0 saturated carbocycles. The molecular weight excluding hydrogens is 439 g/mol. The lowest BCUT2D eigenvalue weighted by Gasteiger charge is -2.26. The van der Waals surface area contributed by atoms with Crippen LogP contribution in [0, 0.1) is 11.3 Å². The number of hydrogen-bond acceptors (Lipinski definition) is 6. The molecule has 3 aromatic rings. The van der Waals surface area contributed by atoms with Gasteiger partial charge in [-0.1, -0.05) is 17.7 Å². The number of ether oxygens (including phenoxy) is 2. The van der Waals surface area contributed by atoms with Crippen molar-refractivity contribution in [1.29, 1.82) is 5.26 Å². The van der Waals surface area contributed by atoms with E-state index in [0.29, 0.717) is 16.1 Å². The van der Waals surface area contributed by atoms with Crippen LogP contribution < -0.4 is 10.1 Å². The van der Waals surface area contributed by atoms with Crippen molar-refractivity contribution < 1.29 is 27.4 Å². The van der Waals surface area contributed by atoms with Gasteiger partial charge in [-0.05, 0) is 36.4 Å². The van der Waals surface area contributed by atoms with Gasteiger partial charge in [0.05, 0.1) is 24.2 Å².